The fourth-order valence-corrected chi connectivity index (χ4v) is 4.91. The number of hydrogen-bond acceptors (Lipinski definition) is 4. The molecular formula is C18H26N2O2Si2. The first-order valence-corrected chi connectivity index (χ1v) is 15.0. The van der Waals surface area contributed by atoms with Crippen molar-refractivity contribution >= 4 is 16.6 Å². The van der Waals surface area contributed by atoms with Gasteiger partial charge in [-0.15, -0.1) is 0 Å². The third-order valence-electron chi connectivity index (χ3n) is 3.11. The van der Waals surface area contributed by atoms with Crippen molar-refractivity contribution in [2.75, 3.05) is 0 Å². The highest BCUT2D eigenvalue weighted by molar-refractivity contribution is 6.70. The smallest absolute Gasteiger partial charge is 0.207 e. The lowest BCUT2D eigenvalue weighted by molar-refractivity contribution is 0.166. The normalized spacial score (nSPS) is 27.5. The number of nitrogens with zero attached hydrogens (tertiary/aromatic N) is 2. The summed E-state index contributed by atoms with van der Waals surface area (Å²) in [6, 6.07) is 4.49. The van der Waals surface area contributed by atoms with Gasteiger partial charge in [-0.3, -0.25) is 0 Å². The number of nitriles is 2. The van der Waals surface area contributed by atoms with Crippen LogP contribution in [0, 0.1) is 46.3 Å². The van der Waals surface area contributed by atoms with Gasteiger partial charge in [0.2, 0.25) is 11.2 Å². The maximum Gasteiger partial charge on any atom is 0.207 e. The third kappa shape index (κ3) is 6.52. The Bertz CT molecular complexity index is 611. The summed E-state index contributed by atoms with van der Waals surface area (Å²) in [5, 5.41) is 19.2. The zero-order valence-electron chi connectivity index (χ0n) is 15.5. The molecule has 0 aromatic heterocycles. The van der Waals surface area contributed by atoms with E-state index in [0.717, 1.165) is 0 Å². The van der Waals surface area contributed by atoms with E-state index >= 15 is 0 Å². The molecular weight excluding hydrogens is 332 g/mol. The van der Waals surface area contributed by atoms with Gasteiger partial charge in [0.15, 0.2) is 16.6 Å². The summed E-state index contributed by atoms with van der Waals surface area (Å²) < 4.78 is 12.1. The van der Waals surface area contributed by atoms with E-state index in [4.69, 9.17) is 8.85 Å². The second kappa shape index (κ2) is 7.56. The molecule has 0 saturated carbocycles. The Kier molecular flexibility index (Phi) is 6.46. The number of rotatable bonds is 4. The molecule has 0 radical (unpaired) electrons. The molecule has 24 heavy (non-hydrogen) atoms. The first-order chi connectivity index (χ1) is 10.9. The van der Waals surface area contributed by atoms with E-state index in [1.54, 1.807) is 0 Å². The summed E-state index contributed by atoms with van der Waals surface area (Å²) in [5.74, 6) is 12.1. The van der Waals surface area contributed by atoms with Crippen molar-refractivity contribution in [3.8, 4) is 35.8 Å². The second-order valence-corrected chi connectivity index (χ2v) is 16.8. The molecule has 0 saturated heterocycles. The highest BCUT2D eigenvalue weighted by atomic mass is 28.4. The summed E-state index contributed by atoms with van der Waals surface area (Å²) in [6.45, 7) is 12.3. The Morgan fingerprint density at radius 2 is 1.08 bits per heavy atom. The van der Waals surface area contributed by atoms with Gasteiger partial charge in [0.1, 0.15) is 12.1 Å². The summed E-state index contributed by atoms with van der Waals surface area (Å²) in [4.78, 5) is 0. The second-order valence-electron chi connectivity index (χ2n) is 7.91. The maximum atomic E-state index is 9.61. The Balaban J connectivity index is 3.09. The van der Waals surface area contributed by atoms with Crippen LogP contribution in [-0.4, -0.2) is 27.8 Å². The molecule has 128 valence electrons. The fourth-order valence-electron chi connectivity index (χ4n) is 2.42. The van der Waals surface area contributed by atoms with Crippen molar-refractivity contribution in [1.29, 1.82) is 10.5 Å². The molecule has 0 aromatic carbocycles. The van der Waals surface area contributed by atoms with Crippen molar-refractivity contribution in [3.63, 3.8) is 0 Å². The van der Waals surface area contributed by atoms with Crippen molar-refractivity contribution in [1.82, 2.24) is 0 Å². The average Bonchev–Trinajstić information content (AvgIpc) is 2.44. The molecule has 6 heteroatoms. The molecule has 1 aliphatic rings. The Morgan fingerprint density at radius 3 is 1.33 bits per heavy atom. The van der Waals surface area contributed by atoms with Gasteiger partial charge in [-0.2, -0.15) is 10.5 Å². The van der Waals surface area contributed by atoms with Crippen LogP contribution in [-0.2, 0) is 8.85 Å². The molecule has 4 nitrogen and oxygen atoms in total. The van der Waals surface area contributed by atoms with Gasteiger partial charge in [0.25, 0.3) is 0 Å². The summed E-state index contributed by atoms with van der Waals surface area (Å²) in [5.41, 5.74) is -2.18. The molecule has 0 fully saturated rings. The Hall–Kier alpha value is -1.55. The highest BCUT2D eigenvalue weighted by Gasteiger charge is 2.37. The highest BCUT2D eigenvalue weighted by Crippen LogP contribution is 2.26. The largest absolute Gasteiger partial charge is 0.391 e. The summed E-state index contributed by atoms with van der Waals surface area (Å²) in [6.07, 6.45) is 1.74. The minimum atomic E-state index is -1.92. The predicted octanol–water partition coefficient (Wildman–Crippen LogP) is 3.79. The van der Waals surface area contributed by atoms with E-state index in [9.17, 15) is 10.5 Å². The van der Waals surface area contributed by atoms with Crippen LogP contribution in [0.1, 0.15) is 25.7 Å². The molecule has 1 aliphatic carbocycles. The van der Waals surface area contributed by atoms with Gasteiger partial charge in [0.05, 0.1) is 0 Å². The van der Waals surface area contributed by atoms with Crippen LogP contribution < -0.4 is 0 Å². The molecule has 0 heterocycles. The minimum Gasteiger partial charge on any atom is -0.391 e. The topological polar surface area (TPSA) is 66.0 Å². The lowest BCUT2D eigenvalue weighted by atomic mass is 9.95. The lowest BCUT2D eigenvalue weighted by Gasteiger charge is -2.31. The zero-order valence-corrected chi connectivity index (χ0v) is 17.5. The van der Waals surface area contributed by atoms with Crippen LogP contribution in [0.25, 0.3) is 0 Å². The molecule has 0 aliphatic heterocycles. The predicted molar refractivity (Wildman–Crippen MR) is 99.6 cm³/mol. The van der Waals surface area contributed by atoms with E-state index < -0.39 is 27.8 Å². The maximum absolute atomic E-state index is 9.61. The van der Waals surface area contributed by atoms with Crippen LogP contribution in [0.3, 0.4) is 0 Å². The van der Waals surface area contributed by atoms with Gasteiger partial charge in [-0.1, -0.05) is 23.7 Å². The van der Waals surface area contributed by atoms with Crippen LogP contribution in [0.5, 0.6) is 0 Å². The molecule has 0 aromatic rings. The molecule has 2 unspecified atom stereocenters. The van der Waals surface area contributed by atoms with E-state index in [1.165, 1.54) is 0 Å². The first kappa shape index (κ1) is 20.5. The van der Waals surface area contributed by atoms with E-state index in [0.29, 0.717) is 25.7 Å². The average molecular weight is 359 g/mol. The van der Waals surface area contributed by atoms with Crippen molar-refractivity contribution in [2.45, 2.75) is 76.2 Å². The Morgan fingerprint density at radius 1 is 0.750 bits per heavy atom. The molecule has 0 N–H and O–H groups in total. The van der Waals surface area contributed by atoms with Gasteiger partial charge < -0.3 is 8.85 Å². The van der Waals surface area contributed by atoms with Gasteiger partial charge in [-0.25, -0.2) is 0 Å². The molecule has 1 rings (SSSR count). The molecule has 0 amide bonds. The van der Waals surface area contributed by atoms with E-state index in [1.807, 2.05) is 39.3 Å². The Labute approximate surface area is 148 Å². The van der Waals surface area contributed by atoms with Crippen molar-refractivity contribution in [2.24, 2.45) is 0 Å². The SMILES string of the molecule is C[Si](C)(C)OC1(C#N)C#CCCC(C#N)(O[Si](C)(C)C)C#CCC1. The summed E-state index contributed by atoms with van der Waals surface area (Å²) >= 11 is 0. The summed E-state index contributed by atoms with van der Waals surface area (Å²) in [7, 11) is -3.83. The van der Waals surface area contributed by atoms with Crippen LogP contribution >= 0.6 is 0 Å². The zero-order chi connectivity index (χ0) is 18.5. The van der Waals surface area contributed by atoms with Crippen LogP contribution in [0.15, 0.2) is 0 Å². The van der Waals surface area contributed by atoms with Gasteiger partial charge in [-0.05, 0) is 39.3 Å². The molecule has 0 spiro atoms. The van der Waals surface area contributed by atoms with Crippen molar-refractivity contribution < 1.29 is 8.85 Å². The first-order valence-electron chi connectivity index (χ1n) is 8.18. The van der Waals surface area contributed by atoms with Crippen LogP contribution in [0.2, 0.25) is 39.3 Å². The van der Waals surface area contributed by atoms with E-state index in [-0.39, 0.29) is 0 Å². The van der Waals surface area contributed by atoms with Gasteiger partial charge in [0, 0.05) is 25.7 Å². The molecule has 2 atom stereocenters. The third-order valence-corrected chi connectivity index (χ3v) is 5.03. The van der Waals surface area contributed by atoms with Crippen LogP contribution in [0.4, 0.5) is 0 Å². The number of hydrogen-bond donors (Lipinski definition) is 0. The monoisotopic (exact) mass is 358 g/mol. The molecule has 0 bridgehead atoms. The van der Waals surface area contributed by atoms with E-state index in [2.05, 4.69) is 35.8 Å². The lowest BCUT2D eigenvalue weighted by Crippen LogP contribution is -2.42. The standard InChI is InChI=1S/C18H26N2O2Si2/c1-23(2,3)21-17(15-19)11-7-9-13-18(16-20,14-10-8-12-17)22-24(4,5)6/h7,10-11,14H2,1-6H3. The minimum absolute atomic E-state index is 0.419. The van der Waals surface area contributed by atoms with Crippen molar-refractivity contribution in [3.05, 3.63) is 0 Å². The fraction of sp³-hybridized carbons (Fsp3) is 0.667. The quantitative estimate of drug-likeness (QED) is 0.566. The van der Waals surface area contributed by atoms with Gasteiger partial charge >= 0.3 is 0 Å².